The number of hydrogen-bond acceptors (Lipinski definition) is 0. The summed E-state index contributed by atoms with van der Waals surface area (Å²) in [6.45, 7) is 4.50. The molecular formula is C37H30ClIrOP2-. The molecule has 0 spiro atoms. The van der Waals surface area contributed by atoms with Gasteiger partial charge in [0.25, 0.3) is 0 Å². The summed E-state index contributed by atoms with van der Waals surface area (Å²) in [6.07, 6.45) is 0. The smallest absolute Gasteiger partial charge is 0 e. The third-order valence-electron chi connectivity index (χ3n) is 6.09. The SMILES string of the molecule is [C-]#[O+].[Cl-].[Ir].c1ccc(P(c2ccccc2)c2ccccc2)cc1.c1ccc(P(c2ccccc2)c2ccccc2)cc1. The molecule has 0 amide bonds. The largest absolute Gasteiger partial charge is 1.00 e. The van der Waals surface area contributed by atoms with E-state index < -0.39 is 15.8 Å². The molecule has 0 aliphatic heterocycles. The molecule has 0 N–H and O–H groups in total. The molecule has 0 saturated carbocycles. The van der Waals surface area contributed by atoms with E-state index in [1.165, 1.54) is 31.8 Å². The van der Waals surface area contributed by atoms with E-state index in [2.05, 4.69) is 189 Å². The van der Waals surface area contributed by atoms with Crippen molar-refractivity contribution in [1.82, 2.24) is 0 Å². The maximum atomic E-state index is 7.50. The molecular weight excluding hydrogens is 750 g/mol. The Kier molecular flexibility index (Phi) is 16.6. The van der Waals surface area contributed by atoms with Gasteiger partial charge in [0, 0.05) is 20.1 Å². The van der Waals surface area contributed by atoms with Crippen molar-refractivity contribution >= 4 is 47.7 Å². The van der Waals surface area contributed by atoms with E-state index in [1.807, 2.05) is 0 Å². The van der Waals surface area contributed by atoms with Gasteiger partial charge in [-0.25, -0.2) is 0 Å². The molecule has 1 radical (unpaired) electrons. The van der Waals surface area contributed by atoms with Crippen LogP contribution in [0.15, 0.2) is 182 Å². The van der Waals surface area contributed by atoms with Crippen LogP contribution in [0, 0.1) is 6.65 Å². The Bertz CT molecular complexity index is 1230. The second-order valence-electron chi connectivity index (χ2n) is 8.68. The summed E-state index contributed by atoms with van der Waals surface area (Å²) in [5.74, 6) is 0. The minimum Gasteiger partial charge on any atom is -1.00 e. The van der Waals surface area contributed by atoms with Crippen LogP contribution in [-0.4, -0.2) is 0 Å². The van der Waals surface area contributed by atoms with Crippen molar-refractivity contribution < 1.29 is 37.2 Å². The molecule has 6 rings (SSSR count). The van der Waals surface area contributed by atoms with Crippen LogP contribution in [0.3, 0.4) is 0 Å². The predicted molar refractivity (Wildman–Crippen MR) is 174 cm³/mol. The summed E-state index contributed by atoms with van der Waals surface area (Å²) in [7, 11) is -0.892. The summed E-state index contributed by atoms with van der Waals surface area (Å²) >= 11 is 0. The van der Waals surface area contributed by atoms with Gasteiger partial charge < -0.3 is 12.4 Å². The van der Waals surface area contributed by atoms with Crippen molar-refractivity contribution in [3.05, 3.63) is 189 Å². The van der Waals surface area contributed by atoms with Crippen LogP contribution in [-0.2, 0) is 24.8 Å². The maximum absolute atomic E-state index is 7.50. The molecule has 0 bridgehead atoms. The molecule has 211 valence electrons. The number of halogens is 1. The molecule has 0 saturated heterocycles. The van der Waals surface area contributed by atoms with Crippen molar-refractivity contribution in [2.45, 2.75) is 0 Å². The van der Waals surface area contributed by atoms with Gasteiger partial charge in [-0.1, -0.05) is 182 Å². The average molecular weight is 780 g/mol. The first-order valence-corrected chi connectivity index (χ1v) is 15.7. The maximum Gasteiger partial charge on any atom is 0 e. The van der Waals surface area contributed by atoms with Gasteiger partial charge in [0.15, 0.2) is 0 Å². The third kappa shape index (κ3) is 10.00. The van der Waals surface area contributed by atoms with E-state index >= 15 is 0 Å². The second kappa shape index (κ2) is 19.9. The molecule has 1 nitrogen and oxygen atoms in total. The first-order valence-electron chi connectivity index (χ1n) is 13.0. The fourth-order valence-electron chi connectivity index (χ4n) is 4.36. The van der Waals surface area contributed by atoms with Gasteiger partial charge in [-0.15, -0.1) is 0 Å². The third-order valence-corrected chi connectivity index (χ3v) is 11.0. The van der Waals surface area contributed by atoms with Gasteiger partial charge in [-0.2, -0.15) is 0 Å². The van der Waals surface area contributed by atoms with Gasteiger partial charge in [-0.3, -0.25) is 0 Å². The summed E-state index contributed by atoms with van der Waals surface area (Å²) in [4.78, 5) is 0. The zero-order chi connectivity index (χ0) is 27.8. The van der Waals surface area contributed by atoms with Crippen LogP contribution < -0.4 is 44.2 Å². The summed E-state index contributed by atoms with van der Waals surface area (Å²) in [5, 5.41) is 8.39. The van der Waals surface area contributed by atoms with E-state index in [4.69, 9.17) is 4.65 Å². The summed E-state index contributed by atoms with van der Waals surface area (Å²) in [6, 6.07) is 64.7. The van der Waals surface area contributed by atoms with Crippen LogP contribution in [0.2, 0.25) is 0 Å². The number of benzene rings is 6. The minimum atomic E-state index is -0.446. The van der Waals surface area contributed by atoms with Crippen molar-refractivity contribution in [1.29, 1.82) is 0 Å². The average Bonchev–Trinajstić information content (AvgIpc) is 3.06. The van der Waals surface area contributed by atoms with Crippen molar-refractivity contribution in [2.75, 3.05) is 0 Å². The van der Waals surface area contributed by atoms with Crippen LogP contribution in [0.5, 0.6) is 0 Å². The van der Waals surface area contributed by atoms with Crippen LogP contribution >= 0.6 is 15.8 Å². The van der Waals surface area contributed by atoms with Crippen molar-refractivity contribution in [3.63, 3.8) is 0 Å². The minimum absolute atomic E-state index is 0. The van der Waals surface area contributed by atoms with E-state index in [1.54, 1.807) is 0 Å². The van der Waals surface area contributed by atoms with Gasteiger partial charge in [-0.05, 0) is 47.7 Å². The Hall–Kier alpha value is -3.14. The summed E-state index contributed by atoms with van der Waals surface area (Å²) in [5.41, 5.74) is 0. The monoisotopic (exact) mass is 780 g/mol. The zero-order valence-electron chi connectivity index (χ0n) is 22.8. The second-order valence-corrected chi connectivity index (χ2v) is 13.1. The van der Waals surface area contributed by atoms with E-state index in [0.29, 0.717) is 0 Å². The van der Waals surface area contributed by atoms with Crippen LogP contribution in [0.1, 0.15) is 0 Å². The van der Waals surface area contributed by atoms with Gasteiger partial charge in [0.2, 0.25) is 0 Å². The normalized spacial score (nSPS) is 9.62. The Labute approximate surface area is 272 Å². The molecule has 6 aromatic rings. The van der Waals surface area contributed by atoms with Crippen molar-refractivity contribution in [2.24, 2.45) is 0 Å². The Morgan fingerprint density at radius 1 is 0.286 bits per heavy atom. The van der Waals surface area contributed by atoms with Gasteiger partial charge >= 0.3 is 11.3 Å². The standard InChI is InChI=1S/2C18H15P.CO.ClH.Ir/c2*1-4-10-16(11-5-1)19(17-12-6-2-7-13-17)18-14-8-3-9-15-18;1-2;;/h2*1-15H;;1H;/p-1. The number of rotatable bonds is 6. The molecule has 0 fully saturated rings. The van der Waals surface area contributed by atoms with E-state index in [-0.39, 0.29) is 32.5 Å². The molecule has 0 unspecified atom stereocenters. The zero-order valence-corrected chi connectivity index (χ0v) is 27.8. The predicted octanol–water partition coefficient (Wildman–Crippen LogP) is 3.85. The van der Waals surface area contributed by atoms with E-state index in [9.17, 15) is 0 Å². The molecule has 5 heteroatoms. The first kappa shape index (κ1) is 35.1. The van der Waals surface area contributed by atoms with Gasteiger partial charge in [0.1, 0.15) is 0 Å². The molecule has 42 heavy (non-hydrogen) atoms. The molecule has 0 aliphatic carbocycles. The fraction of sp³-hybridized carbons (Fsp3) is 0. The van der Waals surface area contributed by atoms with Crippen LogP contribution in [0.4, 0.5) is 0 Å². The quantitative estimate of drug-likeness (QED) is 0.139. The Morgan fingerprint density at radius 3 is 0.524 bits per heavy atom. The Balaban J connectivity index is 0.000000265. The van der Waals surface area contributed by atoms with Crippen molar-refractivity contribution in [3.8, 4) is 0 Å². The Morgan fingerprint density at radius 2 is 0.405 bits per heavy atom. The molecule has 0 heterocycles. The van der Waals surface area contributed by atoms with Gasteiger partial charge in [0.05, 0.1) is 0 Å². The first-order chi connectivity index (χ1) is 19.9. The molecule has 0 aliphatic rings. The topological polar surface area (TPSA) is 19.9 Å². The number of hydrogen-bond donors (Lipinski definition) is 0. The molecule has 0 atom stereocenters. The fourth-order valence-corrected chi connectivity index (χ4v) is 8.97. The van der Waals surface area contributed by atoms with E-state index in [0.717, 1.165) is 0 Å². The molecule has 6 aromatic carbocycles. The van der Waals surface area contributed by atoms with Crippen LogP contribution in [0.25, 0.3) is 0 Å². The summed E-state index contributed by atoms with van der Waals surface area (Å²) < 4.78 is 7.50. The molecule has 0 aromatic heterocycles.